The summed E-state index contributed by atoms with van der Waals surface area (Å²) in [5.74, 6) is -0.390. The lowest BCUT2D eigenvalue weighted by Crippen LogP contribution is -2.05. The van der Waals surface area contributed by atoms with Crippen molar-refractivity contribution in [2.24, 2.45) is 0 Å². The third-order valence-corrected chi connectivity index (χ3v) is 3.40. The SMILES string of the molecule is CC(=O)Nc1nc(O)c(C(C)c2c[nH]c3ccccc23)o1. The van der Waals surface area contributed by atoms with Crippen LogP contribution >= 0.6 is 0 Å². The zero-order valence-corrected chi connectivity index (χ0v) is 11.7. The van der Waals surface area contributed by atoms with Gasteiger partial charge in [-0.25, -0.2) is 0 Å². The molecule has 6 nitrogen and oxygen atoms in total. The molecule has 0 aliphatic carbocycles. The fourth-order valence-corrected chi connectivity index (χ4v) is 2.40. The minimum absolute atomic E-state index is 0.00157. The van der Waals surface area contributed by atoms with Crippen molar-refractivity contribution in [3.05, 3.63) is 41.8 Å². The van der Waals surface area contributed by atoms with Crippen molar-refractivity contribution < 1.29 is 14.3 Å². The second-order valence-corrected chi connectivity index (χ2v) is 4.90. The Morgan fingerprint density at radius 3 is 2.95 bits per heavy atom. The minimum atomic E-state index is -0.303. The van der Waals surface area contributed by atoms with Crippen molar-refractivity contribution in [1.82, 2.24) is 9.97 Å². The molecule has 0 fully saturated rings. The van der Waals surface area contributed by atoms with Gasteiger partial charge in [0.2, 0.25) is 5.91 Å². The summed E-state index contributed by atoms with van der Waals surface area (Å²) >= 11 is 0. The normalized spacial score (nSPS) is 12.5. The number of hydrogen-bond acceptors (Lipinski definition) is 4. The summed E-state index contributed by atoms with van der Waals surface area (Å²) in [6.45, 7) is 3.26. The lowest BCUT2D eigenvalue weighted by Gasteiger charge is -2.07. The molecule has 0 aliphatic heterocycles. The molecule has 3 aromatic rings. The third kappa shape index (κ3) is 2.35. The van der Waals surface area contributed by atoms with E-state index in [4.69, 9.17) is 4.42 Å². The Hall–Kier alpha value is -2.76. The number of anilines is 1. The maximum absolute atomic E-state index is 11.0. The molecule has 0 radical (unpaired) electrons. The fourth-order valence-electron chi connectivity index (χ4n) is 2.40. The number of H-pyrrole nitrogens is 1. The van der Waals surface area contributed by atoms with Gasteiger partial charge in [-0.05, 0) is 11.6 Å². The number of aromatic nitrogens is 2. The average Bonchev–Trinajstić information content (AvgIpc) is 3.01. The predicted octanol–water partition coefficient (Wildman–Crippen LogP) is 2.97. The summed E-state index contributed by atoms with van der Waals surface area (Å²) < 4.78 is 5.45. The van der Waals surface area contributed by atoms with E-state index in [2.05, 4.69) is 15.3 Å². The second-order valence-electron chi connectivity index (χ2n) is 4.90. The van der Waals surface area contributed by atoms with Gasteiger partial charge in [-0.1, -0.05) is 25.1 Å². The van der Waals surface area contributed by atoms with Crippen LogP contribution in [-0.2, 0) is 4.79 Å². The van der Waals surface area contributed by atoms with E-state index in [0.29, 0.717) is 5.76 Å². The summed E-state index contributed by atoms with van der Waals surface area (Å²) in [5, 5.41) is 13.4. The molecule has 21 heavy (non-hydrogen) atoms. The van der Waals surface area contributed by atoms with Crippen molar-refractivity contribution in [1.29, 1.82) is 0 Å². The lowest BCUT2D eigenvalue weighted by atomic mass is 9.98. The lowest BCUT2D eigenvalue weighted by molar-refractivity contribution is -0.114. The number of para-hydroxylation sites is 1. The van der Waals surface area contributed by atoms with Crippen LogP contribution < -0.4 is 5.32 Å². The van der Waals surface area contributed by atoms with E-state index in [9.17, 15) is 9.90 Å². The van der Waals surface area contributed by atoms with E-state index in [1.54, 1.807) is 0 Å². The molecule has 108 valence electrons. The Kier molecular flexibility index (Phi) is 3.13. The standard InChI is InChI=1S/C15H15N3O3/c1-8(11-7-16-12-6-4-3-5-10(11)12)13-14(20)18-15(21-13)17-9(2)19/h3-8,16,20H,1-2H3,(H,17,18,19). The number of carbonyl (C=O) groups is 1. The molecule has 6 heteroatoms. The molecule has 1 amide bonds. The Bertz CT molecular complexity index is 803. The fraction of sp³-hybridized carbons (Fsp3) is 0.200. The molecular formula is C15H15N3O3. The molecule has 1 atom stereocenters. The van der Waals surface area contributed by atoms with Gasteiger partial charge >= 0.3 is 6.01 Å². The zero-order chi connectivity index (χ0) is 15.0. The number of nitrogens with one attached hydrogen (secondary N) is 2. The van der Waals surface area contributed by atoms with Crippen LogP contribution in [0.2, 0.25) is 0 Å². The number of hydrogen-bond donors (Lipinski definition) is 3. The number of nitrogens with zero attached hydrogens (tertiary/aromatic N) is 1. The Morgan fingerprint density at radius 2 is 2.19 bits per heavy atom. The van der Waals surface area contributed by atoms with Crippen LogP contribution in [0, 0.1) is 0 Å². The van der Waals surface area contributed by atoms with Crippen LogP contribution in [0.1, 0.15) is 31.1 Å². The molecule has 0 spiro atoms. The second kappa shape index (κ2) is 4.97. The number of amides is 1. The van der Waals surface area contributed by atoms with Crippen LogP contribution in [0.25, 0.3) is 10.9 Å². The first-order valence-corrected chi connectivity index (χ1v) is 6.59. The maximum Gasteiger partial charge on any atom is 0.305 e. The van der Waals surface area contributed by atoms with Crippen molar-refractivity contribution in [2.75, 3.05) is 5.32 Å². The van der Waals surface area contributed by atoms with Crippen molar-refractivity contribution in [3.8, 4) is 5.88 Å². The monoisotopic (exact) mass is 285 g/mol. The number of carbonyl (C=O) groups excluding carboxylic acids is 1. The highest BCUT2D eigenvalue weighted by atomic mass is 16.4. The molecule has 0 saturated carbocycles. The quantitative estimate of drug-likeness (QED) is 0.690. The van der Waals surface area contributed by atoms with Gasteiger partial charge in [0.1, 0.15) is 0 Å². The number of oxazole rings is 1. The van der Waals surface area contributed by atoms with Crippen molar-refractivity contribution in [3.63, 3.8) is 0 Å². The highest BCUT2D eigenvalue weighted by molar-refractivity contribution is 5.86. The zero-order valence-electron chi connectivity index (χ0n) is 11.7. The van der Waals surface area contributed by atoms with E-state index >= 15 is 0 Å². The topological polar surface area (TPSA) is 91.1 Å². The average molecular weight is 285 g/mol. The van der Waals surface area contributed by atoms with E-state index < -0.39 is 0 Å². The van der Waals surface area contributed by atoms with Crippen molar-refractivity contribution in [2.45, 2.75) is 19.8 Å². The summed E-state index contributed by atoms with van der Waals surface area (Å²) in [6.07, 6.45) is 1.88. The Morgan fingerprint density at radius 1 is 1.43 bits per heavy atom. The van der Waals surface area contributed by atoms with Gasteiger partial charge in [-0.15, -0.1) is 0 Å². The first-order chi connectivity index (χ1) is 10.1. The first-order valence-electron chi connectivity index (χ1n) is 6.59. The molecule has 1 aromatic carbocycles. The first kappa shape index (κ1) is 13.2. The molecule has 1 unspecified atom stereocenters. The molecule has 0 saturated heterocycles. The largest absolute Gasteiger partial charge is 0.491 e. The number of benzene rings is 1. The summed E-state index contributed by atoms with van der Waals surface area (Å²) in [6, 6.07) is 7.89. The van der Waals surface area contributed by atoms with Gasteiger partial charge in [0.15, 0.2) is 5.76 Å². The van der Waals surface area contributed by atoms with E-state index in [1.165, 1.54) is 6.92 Å². The number of fused-ring (bicyclic) bond motifs is 1. The number of aromatic hydroxyl groups is 1. The Balaban J connectivity index is 2.00. The van der Waals surface area contributed by atoms with Gasteiger partial charge < -0.3 is 14.5 Å². The maximum atomic E-state index is 11.0. The number of aromatic amines is 1. The van der Waals surface area contributed by atoms with Crippen molar-refractivity contribution >= 4 is 22.8 Å². The van der Waals surface area contributed by atoms with Crippen LogP contribution in [-0.4, -0.2) is 21.0 Å². The van der Waals surface area contributed by atoms with Gasteiger partial charge in [0, 0.05) is 29.9 Å². The molecule has 2 aromatic heterocycles. The van der Waals surface area contributed by atoms with Gasteiger partial charge in [0.25, 0.3) is 5.88 Å². The van der Waals surface area contributed by atoms with Crippen LogP contribution in [0.5, 0.6) is 5.88 Å². The summed E-state index contributed by atoms with van der Waals surface area (Å²) in [7, 11) is 0. The molecular weight excluding hydrogens is 270 g/mol. The van der Waals surface area contributed by atoms with E-state index in [-0.39, 0.29) is 23.7 Å². The highest BCUT2D eigenvalue weighted by Gasteiger charge is 2.23. The third-order valence-electron chi connectivity index (χ3n) is 3.40. The smallest absolute Gasteiger partial charge is 0.305 e. The van der Waals surface area contributed by atoms with Gasteiger partial charge in [0.05, 0.1) is 0 Å². The predicted molar refractivity (Wildman–Crippen MR) is 78.3 cm³/mol. The van der Waals surface area contributed by atoms with Crippen LogP contribution in [0.3, 0.4) is 0 Å². The summed E-state index contributed by atoms with van der Waals surface area (Å²) in [4.78, 5) is 18.0. The van der Waals surface area contributed by atoms with Gasteiger partial charge in [-0.3, -0.25) is 10.1 Å². The molecule has 3 rings (SSSR count). The van der Waals surface area contributed by atoms with Crippen LogP contribution in [0.15, 0.2) is 34.9 Å². The Labute approximate surface area is 120 Å². The van der Waals surface area contributed by atoms with E-state index in [0.717, 1.165) is 16.5 Å². The van der Waals surface area contributed by atoms with E-state index in [1.807, 2.05) is 37.4 Å². The number of rotatable bonds is 3. The highest BCUT2D eigenvalue weighted by Crippen LogP contribution is 2.36. The summed E-state index contributed by atoms with van der Waals surface area (Å²) in [5.41, 5.74) is 2.01. The van der Waals surface area contributed by atoms with Crippen LogP contribution in [0.4, 0.5) is 6.01 Å². The molecule has 2 heterocycles. The molecule has 0 aliphatic rings. The molecule has 0 bridgehead atoms. The minimum Gasteiger partial charge on any atom is -0.491 e. The molecule has 3 N–H and O–H groups in total. The van der Waals surface area contributed by atoms with Gasteiger partial charge in [-0.2, -0.15) is 4.98 Å².